The normalized spacial score (nSPS) is 11.3. The summed E-state index contributed by atoms with van der Waals surface area (Å²) in [4.78, 5) is 0. The first-order valence-electron chi connectivity index (χ1n) is 14.0. The van der Waals surface area contributed by atoms with Crippen molar-refractivity contribution in [1.29, 1.82) is 0 Å². The molecule has 2 nitrogen and oxygen atoms in total. The van der Waals surface area contributed by atoms with Gasteiger partial charge in [-0.05, 0) is 24.8 Å². The number of hydrogen-bond donors (Lipinski definition) is 0. The van der Waals surface area contributed by atoms with E-state index in [9.17, 15) is 0 Å². The standard InChI is InChI=1S/C30H51N2/c1-3-5-7-9-10-11-12-13-14-15-16-20-24-30-31(25-21-8-6-4-2)26-27-32(30)28-29-22-18-17-19-23-29/h17-19,22-23,26-27H,3-16,20-21,24-25,28H2,1-2H3/q+1. The van der Waals surface area contributed by atoms with Crippen LogP contribution in [0.5, 0.6) is 0 Å². The minimum atomic E-state index is 0.996. The first-order valence-corrected chi connectivity index (χ1v) is 14.0. The predicted octanol–water partition coefficient (Wildman–Crippen LogP) is 8.65. The summed E-state index contributed by atoms with van der Waals surface area (Å²) in [6.07, 6.45) is 28.2. The molecule has 2 rings (SSSR count). The zero-order valence-corrected chi connectivity index (χ0v) is 21.4. The van der Waals surface area contributed by atoms with E-state index in [1.807, 2.05) is 0 Å². The van der Waals surface area contributed by atoms with Gasteiger partial charge in [-0.3, -0.25) is 0 Å². The van der Waals surface area contributed by atoms with Crippen LogP contribution in [-0.4, -0.2) is 4.57 Å². The number of unbranched alkanes of at least 4 members (excludes halogenated alkanes) is 14. The van der Waals surface area contributed by atoms with Gasteiger partial charge in [0.2, 0.25) is 0 Å². The summed E-state index contributed by atoms with van der Waals surface area (Å²) in [6.45, 7) is 6.77. The Morgan fingerprint density at radius 2 is 1.16 bits per heavy atom. The van der Waals surface area contributed by atoms with Crippen molar-refractivity contribution < 1.29 is 4.57 Å². The number of hydrogen-bond acceptors (Lipinski definition) is 0. The summed E-state index contributed by atoms with van der Waals surface area (Å²) in [6, 6.07) is 10.9. The molecule has 1 heterocycles. The molecule has 0 unspecified atom stereocenters. The maximum absolute atomic E-state index is 2.54. The Balaban J connectivity index is 1.70. The average Bonchev–Trinajstić information content (AvgIpc) is 3.19. The predicted molar refractivity (Wildman–Crippen MR) is 139 cm³/mol. The molecule has 0 fully saturated rings. The lowest BCUT2D eigenvalue weighted by molar-refractivity contribution is -0.695. The Bertz CT molecular complexity index is 673. The Morgan fingerprint density at radius 1 is 0.625 bits per heavy atom. The number of nitrogens with zero attached hydrogens (tertiary/aromatic N) is 2. The van der Waals surface area contributed by atoms with E-state index >= 15 is 0 Å². The summed E-state index contributed by atoms with van der Waals surface area (Å²) < 4.78 is 5.03. The molecule has 0 spiro atoms. The second-order valence-electron chi connectivity index (χ2n) is 9.72. The van der Waals surface area contributed by atoms with Crippen LogP contribution in [0.25, 0.3) is 0 Å². The van der Waals surface area contributed by atoms with Crippen molar-refractivity contribution in [3.8, 4) is 0 Å². The molecule has 0 N–H and O–H groups in total. The smallest absolute Gasteiger partial charge is 0.234 e. The molecule has 0 aliphatic rings. The molecule has 2 aromatic rings. The fraction of sp³-hybridized carbons (Fsp3) is 0.700. The average molecular weight is 440 g/mol. The number of rotatable bonds is 20. The van der Waals surface area contributed by atoms with Gasteiger partial charge in [0.15, 0.2) is 0 Å². The van der Waals surface area contributed by atoms with Crippen molar-refractivity contribution in [2.75, 3.05) is 0 Å². The van der Waals surface area contributed by atoms with Crippen LogP contribution in [-0.2, 0) is 19.5 Å². The molecule has 0 aliphatic heterocycles. The lowest BCUT2D eigenvalue weighted by atomic mass is 10.0. The first kappa shape index (κ1) is 26.7. The molecule has 0 radical (unpaired) electrons. The zero-order chi connectivity index (χ0) is 22.7. The number of aryl methyl sites for hydroxylation is 1. The third kappa shape index (κ3) is 11.3. The molecule has 0 aliphatic carbocycles. The SMILES string of the molecule is CCCCCCCCCCCCCCc1n(CCCCCC)cc[n+]1Cc1ccccc1. The Morgan fingerprint density at radius 3 is 1.75 bits per heavy atom. The van der Waals surface area contributed by atoms with Crippen LogP contribution >= 0.6 is 0 Å². The molecule has 0 atom stereocenters. The number of aromatic nitrogens is 2. The fourth-order valence-electron chi connectivity index (χ4n) is 4.75. The molecule has 32 heavy (non-hydrogen) atoms. The van der Waals surface area contributed by atoms with Crippen LogP contribution in [0.1, 0.15) is 128 Å². The zero-order valence-electron chi connectivity index (χ0n) is 21.4. The van der Waals surface area contributed by atoms with Gasteiger partial charge in [0.25, 0.3) is 5.82 Å². The fourth-order valence-corrected chi connectivity index (χ4v) is 4.75. The van der Waals surface area contributed by atoms with Gasteiger partial charge in [0.1, 0.15) is 18.9 Å². The third-order valence-corrected chi connectivity index (χ3v) is 6.79. The van der Waals surface area contributed by atoms with Gasteiger partial charge in [-0.2, -0.15) is 0 Å². The van der Waals surface area contributed by atoms with E-state index in [2.05, 4.69) is 65.7 Å². The molecular formula is C30H51N2+. The van der Waals surface area contributed by atoms with Crippen molar-refractivity contribution in [3.05, 3.63) is 54.1 Å². The maximum atomic E-state index is 2.54. The van der Waals surface area contributed by atoms with Crippen molar-refractivity contribution in [2.45, 2.75) is 136 Å². The van der Waals surface area contributed by atoms with Crippen molar-refractivity contribution in [1.82, 2.24) is 4.57 Å². The second kappa shape index (κ2) is 17.9. The number of imidazole rings is 1. The highest BCUT2D eigenvalue weighted by Crippen LogP contribution is 2.14. The van der Waals surface area contributed by atoms with Crippen LogP contribution in [0.3, 0.4) is 0 Å². The quantitative estimate of drug-likeness (QED) is 0.144. The highest BCUT2D eigenvalue weighted by molar-refractivity contribution is 5.13. The molecule has 2 heteroatoms. The molecule has 1 aromatic heterocycles. The van der Waals surface area contributed by atoms with Crippen LogP contribution in [0, 0.1) is 0 Å². The first-order chi connectivity index (χ1) is 15.8. The van der Waals surface area contributed by atoms with Gasteiger partial charge in [-0.25, -0.2) is 9.13 Å². The van der Waals surface area contributed by atoms with Crippen molar-refractivity contribution in [2.24, 2.45) is 0 Å². The summed E-state index contributed by atoms with van der Waals surface area (Å²) in [5.74, 6) is 1.53. The minimum Gasteiger partial charge on any atom is -0.234 e. The third-order valence-electron chi connectivity index (χ3n) is 6.79. The van der Waals surface area contributed by atoms with E-state index in [0.717, 1.165) is 6.54 Å². The second-order valence-corrected chi connectivity index (χ2v) is 9.72. The Hall–Kier alpha value is -1.57. The minimum absolute atomic E-state index is 0.996. The molecule has 0 saturated carbocycles. The molecule has 0 amide bonds. The van der Waals surface area contributed by atoms with Gasteiger partial charge in [0.05, 0.1) is 6.54 Å². The molecule has 180 valence electrons. The summed E-state index contributed by atoms with van der Waals surface area (Å²) in [5, 5.41) is 0. The summed E-state index contributed by atoms with van der Waals surface area (Å²) >= 11 is 0. The monoisotopic (exact) mass is 439 g/mol. The highest BCUT2D eigenvalue weighted by Gasteiger charge is 2.16. The van der Waals surface area contributed by atoms with Gasteiger partial charge in [0, 0.05) is 6.42 Å². The molecule has 0 bridgehead atoms. The lowest BCUT2D eigenvalue weighted by Gasteiger charge is -2.07. The van der Waals surface area contributed by atoms with Crippen LogP contribution < -0.4 is 4.57 Å². The van der Waals surface area contributed by atoms with Crippen LogP contribution in [0.2, 0.25) is 0 Å². The largest absolute Gasteiger partial charge is 0.256 e. The molecular weight excluding hydrogens is 388 g/mol. The van der Waals surface area contributed by atoms with Crippen molar-refractivity contribution >= 4 is 0 Å². The van der Waals surface area contributed by atoms with E-state index in [1.165, 1.54) is 127 Å². The van der Waals surface area contributed by atoms with Gasteiger partial charge in [-0.1, -0.05) is 128 Å². The lowest BCUT2D eigenvalue weighted by Crippen LogP contribution is -2.37. The Labute approximate surface area is 199 Å². The van der Waals surface area contributed by atoms with Crippen LogP contribution in [0.15, 0.2) is 42.7 Å². The Kier molecular flexibility index (Phi) is 14.9. The van der Waals surface area contributed by atoms with Gasteiger partial charge < -0.3 is 0 Å². The van der Waals surface area contributed by atoms with Gasteiger partial charge in [-0.15, -0.1) is 0 Å². The van der Waals surface area contributed by atoms with Gasteiger partial charge >= 0.3 is 0 Å². The van der Waals surface area contributed by atoms with E-state index in [0.29, 0.717) is 0 Å². The number of benzene rings is 1. The maximum Gasteiger partial charge on any atom is 0.256 e. The van der Waals surface area contributed by atoms with Crippen LogP contribution in [0.4, 0.5) is 0 Å². The van der Waals surface area contributed by atoms with E-state index in [4.69, 9.17) is 0 Å². The summed E-state index contributed by atoms with van der Waals surface area (Å²) in [5.41, 5.74) is 1.40. The van der Waals surface area contributed by atoms with E-state index in [-0.39, 0.29) is 0 Å². The topological polar surface area (TPSA) is 8.81 Å². The highest BCUT2D eigenvalue weighted by atomic mass is 15.1. The molecule has 1 aromatic carbocycles. The van der Waals surface area contributed by atoms with Crippen molar-refractivity contribution in [3.63, 3.8) is 0 Å². The molecule has 0 saturated heterocycles. The summed E-state index contributed by atoms with van der Waals surface area (Å²) in [7, 11) is 0. The van der Waals surface area contributed by atoms with E-state index < -0.39 is 0 Å². The van der Waals surface area contributed by atoms with E-state index in [1.54, 1.807) is 0 Å².